The Morgan fingerprint density at radius 2 is 2.35 bits per heavy atom. The zero-order valence-corrected chi connectivity index (χ0v) is 11.1. The van der Waals surface area contributed by atoms with Crippen LogP contribution in [0.25, 0.3) is 0 Å². The lowest BCUT2D eigenvalue weighted by Crippen LogP contribution is -2.44. The Hall–Kier alpha value is -1.13. The van der Waals surface area contributed by atoms with Gasteiger partial charge >= 0.3 is 0 Å². The molecule has 2 heterocycles. The molecule has 1 aliphatic heterocycles. The Bertz CT molecular complexity index is 432. The lowest BCUT2D eigenvalue weighted by molar-refractivity contribution is 0.0710. The number of thioether (sulfide) groups is 1. The number of aromatic nitrogens is 2. The van der Waals surface area contributed by atoms with E-state index >= 15 is 0 Å². The summed E-state index contributed by atoms with van der Waals surface area (Å²) in [7, 11) is 0. The maximum absolute atomic E-state index is 12.0. The Morgan fingerprint density at radius 1 is 1.65 bits per heavy atom. The minimum atomic E-state index is -0.322. The smallest absolute Gasteiger partial charge is 0.275 e. The molecule has 0 bridgehead atoms. The molecule has 1 aromatic heterocycles. The molecule has 2 rings (SSSR count). The third kappa shape index (κ3) is 2.42. The second kappa shape index (κ2) is 5.02. The number of nitrogens with zero attached hydrogens (tertiary/aromatic N) is 4. The normalized spacial score (nSPS) is 18.7. The number of nitriles is 1. The monoisotopic (exact) mass is 268 g/mol. The molecule has 1 fully saturated rings. The van der Waals surface area contributed by atoms with Crippen LogP contribution in [0.3, 0.4) is 0 Å². The lowest BCUT2D eigenvalue weighted by Gasteiger charge is -2.35. The Balaban J connectivity index is 2.01. The van der Waals surface area contributed by atoms with Gasteiger partial charge in [0.15, 0.2) is 5.69 Å². The van der Waals surface area contributed by atoms with E-state index in [0.717, 1.165) is 0 Å². The second-order valence-corrected chi connectivity index (χ2v) is 5.69. The van der Waals surface area contributed by atoms with Crippen molar-refractivity contribution in [1.29, 1.82) is 5.26 Å². The van der Waals surface area contributed by atoms with Crippen LogP contribution in [0.4, 0.5) is 0 Å². The van der Waals surface area contributed by atoms with Gasteiger partial charge in [-0.15, -0.1) is 16.9 Å². The van der Waals surface area contributed by atoms with E-state index in [1.54, 1.807) is 22.0 Å². The van der Waals surface area contributed by atoms with E-state index in [1.807, 2.05) is 6.26 Å². The summed E-state index contributed by atoms with van der Waals surface area (Å²) >= 11 is 2.76. The molecule has 1 saturated heterocycles. The molecule has 0 radical (unpaired) electrons. The van der Waals surface area contributed by atoms with E-state index in [1.165, 1.54) is 11.5 Å². The van der Waals surface area contributed by atoms with Gasteiger partial charge in [0.1, 0.15) is 4.75 Å². The van der Waals surface area contributed by atoms with Gasteiger partial charge in [-0.2, -0.15) is 5.26 Å². The first-order valence-electron chi connectivity index (χ1n) is 5.23. The van der Waals surface area contributed by atoms with E-state index in [4.69, 9.17) is 5.26 Å². The number of piperidine rings is 1. The maximum atomic E-state index is 12.0. The molecule has 7 heteroatoms. The number of likely N-dealkylation sites (tertiary alicyclic amines) is 1. The van der Waals surface area contributed by atoms with Crippen molar-refractivity contribution < 1.29 is 4.79 Å². The molecule has 0 aliphatic carbocycles. The van der Waals surface area contributed by atoms with Crippen molar-refractivity contribution in [2.24, 2.45) is 0 Å². The zero-order chi connectivity index (χ0) is 12.3. The summed E-state index contributed by atoms with van der Waals surface area (Å²) in [6.07, 6.45) is 3.38. The van der Waals surface area contributed by atoms with E-state index < -0.39 is 0 Å². The first kappa shape index (κ1) is 12.3. The topological polar surface area (TPSA) is 69.9 Å². The summed E-state index contributed by atoms with van der Waals surface area (Å²) in [4.78, 5) is 13.7. The lowest BCUT2D eigenvalue weighted by atomic mass is 9.97. The third-order valence-electron chi connectivity index (χ3n) is 3.03. The summed E-state index contributed by atoms with van der Waals surface area (Å²) in [6, 6.07) is 2.36. The summed E-state index contributed by atoms with van der Waals surface area (Å²) in [5.74, 6) is -0.0774. The predicted octanol–water partition coefficient (Wildman–Crippen LogP) is 1.40. The summed E-state index contributed by atoms with van der Waals surface area (Å²) in [6.45, 7) is 1.23. The van der Waals surface area contributed by atoms with E-state index in [0.29, 0.717) is 31.6 Å². The van der Waals surface area contributed by atoms with Gasteiger partial charge in [-0.1, -0.05) is 4.49 Å². The van der Waals surface area contributed by atoms with Gasteiger partial charge in [-0.05, 0) is 30.6 Å². The molecular weight excluding hydrogens is 256 g/mol. The van der Waals surface area contributed by atoms with Crippen molar-refractivity contribution in [3.8, 4) is 6.07 Å². The number of amides is 1. The van der Waals surface area contributed by atoms with Crippen LogP contribution >= 0.6 is 23.3 Å². The molecule has 0 N–H and O–H groups in total. The van der Waals surface area contributed by atoms with Crippen LogP contribution in [0.1, 0.15) is 23.3 Å². The van der Waals surface area contributed by atoms with Gasteiger partial charge < -0.3 is 4.90 Å². The molecule has 17 heavy (non-hydrogen) atoms. The van der Waals surface area contributed by atoms with Crippen LogP contribution in [0.15, 0.2) is 5.38 Å². The van der Waals surface area contributed by atoms with E-state index in [9.17, 15) is 4.79 Å². The van der Waals surface area contributed by atoms with Crippen molar-refractivity contribution in [3.05, 3.63) is 11.1 Å². The number of hydrogen-bond donors (Lipinski definition) is 0. The molecule has 90 valence electrons. The molecule has 1 aromatic rings. The van der Waals surface area contributed by atoms with E-state index in [2.05, 4.69) is 15.7 Å². The van der Waals surface area contributed by atoms with Crippen molar-refractivity contribution in [2.75, 3.05) is 19.3 Å². The van der Waals surface area contributed by atoms with E-state index in [-0.39, 0.29) is 10.7 Å². The SMILES string of the molecule is CSC1(C#N)CCN(C(=O)c2csnn2)CC1. The van der Waals surface area contributed by atoms with Crippen molar-refractivity contribution in [3.63, 3.8) is 0 Å². The molecular formula is C10H12N4OS2. The first-order valence-corrected chi connectivity index (χ1v) is 7.30. The molecule has 1 amide bonds. The fraction of sp³-hybridized carbons (Fsp3) is 0.600. The Morgan fingerprint density at radius 3 is 2.82 bits per heavy atom. The highest BCUT2D eigenvalue weighted by atomic mass is 32.2. The van der Waals surface area contributed by atoms with Crippen LogP contribution in [-0.4, -0.2) is 44.5 Å². The van der Waals surface area contributed by atoms with Crippen LogP contribution in [-0.2, 0) is 0 Å². The van der Waals surface area contributed by atoms with Crippen molar-refractivity contribution in [2.45, 2.75) is 17.6 Å². The van der Waals surface area contributed by atoms with Crippen molar-refractivity contribution >= 4 is 29.2 Å². The maximum Gasteiger partial charge on any atom is 0.275 e. The average Bonchev–Trinajstić information content (AvgIpc) is 2.92. The summed E-state index contributed by atoms with van der Waals surface area (Å²) in [5.41, 5.74) is 0.406. The minimum absolute atomic E-state index is 0.0774. The number of hydrogen-bond acceptors (Lipinski definition) is 6. The first-order chi connectivity index (χ1) is 8.21. The number of carbonyl (C=O) groups excluding carboxylic acids is 1. The highest BCUT2D eigenvalue weighted by Gasteiger charge is 2.35. The largest absolute Gasteiger partial charge is 0.337 e. The number of rotatable bonds is 2. The average molecular weight is 268 g/mol. The third-order valence-corrected chi connectivity index (χ3v) is 4.82. The zero-order valence-electron chi connectivity index (χ0n) is 9.42. The highest BCUT2D eigenvalue weighted by molar-refractivity contribution is 8.00. The minimum Gasteiger partial charge on any atom is -0.337 e. The molecule has 0 atom stereocenters. The fourth-order valence-corrected chi connectivity index (χ4v) is 2.96. The summed E-state index contributed by atoms with van der Waals surface area (Å²) < 4.78 is 3.36. The quantitative estimate of drug-likeness (QED) is 0.811. The van der Waals surface area contributed by atoms with Gasteiger partial charge in [0.05, 0.1) is 6.07 Å². The van der Waals surface area contributed by atoms with Crippen molar-refractivity contribution in [1.82, 2.24) is 14.5 Å². The predicted molar refractivity (Wildman–Crippen MR) is 66.9 cm³/mol. The molecule has 0 aromatic carbocycles. The molecule has 0 spiro atoms. The van der Waals surface area contributed by atoms with Gasteiger partial charge in [0.2, 0.25) is 0 Å². The van der Waals surface area contributed by atoms with Gasteiger partial charge in [0, 0.05) is 18.5 Å². The molecule has 5 nitrogen and oxygen atoms in total. The van der Waals surface area contributed by atoms with Crippen LogP contribution < -0.4 is 0 Å². The molecule has 0 saturated carbocycles. The standard InChI is InChI=1S/C10H12N4OS2/c1-16-10(7-11)2-4-14(5-3-10)9(15)8-6-17-13-12-8/h6H,2-5H2,1H3. The van der Waals surface area contributed by atoms with Gasteiger partial charge in [-0.25, -0.2) is 0 Å². The number of carbonyl (C=O) groups is 1. The molecule has 0 unspecified atom stereocenters. The molecule has 1 aliphatic rings. The Labute approximate surface area is 108 Å². The summed E-state index contributed by atoms with van der Waals surface area (Å²) in [5, 5.41) is 14.6. The Kier molecular flexibility index (Phi) is 3.64. The van der Waals surface area contributed by atoms with Crippen LogP contribution in [0.5, 0.6) is 0 Å². The van der Waals surface area contributed by atoms with Crippen LogP contribution in [0, 0.1) is 11.3 Å². The highest BCUT2D eigenvalue weighted by Crippen LogP contribution is 2.34. The van der Waals surface area contributed by atoms with Crippen LogP contribution in [0.2, 0.25) is 0 Å². The second-order valence-electron chi connectivity index (χ2n) is 3.89. The van der Waals surface area contributed by atoms with Gasteiger partial charge in [0.25, 0.3) is 5.91 Å². The fourth-order valence-electron chi connectivity index (χ4n) is 1.85. The van der Waals surface area contributed by atoms with Gasteiger partial charge in [-0.3, -0.25) is 4.79 Å².